The normalized spacial score (nSPS) is 12.7. The fraction of sp³-hybridized carbons (Fsp3) is 0.0769. The largest absolute Gasteiger partial charge is 0.379 e. The van der Waals surface area contributed by atoms with Crippen molar-refractivity contribution in [2.75, 3.05) is 22.1 Å². The van der Waals surface area contributed by atoms with Crippen molar-refractivity contribution >= 4 is 39.4 Å². The van der Waals surface area contributed by atoms with Crippen LogP contribution in [-0.2, 0) is 0 Å². The Labute approximate surface area is 181 Å². The Balaban J connectivity index is 1.44. The molecule has 2 N–H and O–H groups in total. The minimum Gasteiger partial charge on any atom is -0.379 e. The number of hydrogen-bond acceptors (Lipinski definition) is 4. The van der Waals surface area contributed by atoms with E-state index in [0.29, 0.717) is 5.69 Å². The first-order valence-electron chi connectivity index (χ1n) is 10.3. The minimum atomic E-state index is -0.207. The lowest BCUT2D eigenvalue weighted by Crippen LogP contribution is -2.15. The highest BCUT2D eigenvalue weighted by atomic mass is 16.1. The maximum absolute atomic E-state index is 12.6. The van der Waals surface area contributed by atoms with Crippen LogP contribution in [0.2, 0.25) is 0 Å². The predicted octanol–water partition coefficient (Wildman–Crippen LogP) is 5.87. The van der Waals surface area contributed by atoms with E-state index < -0.39 is 0 Å². The fourth-order valence-corrected chi connectivity index (χ4v) is 3.89. The van der Waals surface area contributed by atoms with E-state index in [1.807, 2.05) is 43.3 Å². The number of hydrogen-bond donors (Lipinski definition) is 2. The Kier molecular flexibility index (Phi) is 4.84. The summed E-state index contributed by atoms with van der Waals surface area (Å²) >= 11 is 0. The zero-order valence-corrected chi connectivity index (χ0v) is 17.2. The van der Waals surface area contributed by atoms with Gasteiger partial charge >= 0.3 is 0 Å². The molecule has 31 heavy (non-hydrogen) atoms. The van der Waals surface area contributed by atoms with Gasteiger partial charge < -0.3 is 15.5 Å². The zero-order chi connectivity index (χ0) is 21.2. The molecule has 0 saturated heterocycles. The highest BCUT2D eigenvalue weighted by Gasteiger charge is 2.16. The van der Waals surface area contributed by atoms with E-state index in [9.17, 15) is 4.79 Å². The van der Waals surface area contributed by atoms with E-state index in [1.54, 1.807) is 6.20 Å². The number of nitrogens with one attached hydrogen (secondary N) is 2. The first-order chi connectivity index (χ1) is 15.2. The molecule has 0 bridgehead atoms. The Morgan fingerprint density at radius 1 is 1.00 bits per heavy atom. The van der Waals surface area contributed by atoms with Gasteiger partial charge in [0.15, 0.2) is 0 Å². The molecule has 3 aromatic carbocycles. The van der Waals surface area contributed by atoms with Crippen LogP contribution in [0.25, 0.3) is 10.8 Å². The molecule has 1 aliphatic heterocycles. The molecule has 0 spiro atoms. The van der Waals surface area contributed by atoms with Gasteiger partial charge in [0.05, 0.1) is 11.4 Å². The van der Waals surface area contributed by atoms with Crippen molar-refractivity contribution in [3.8, 4) is 0 Å². The van der Waals surface area contributed by atoms with Crippen molar-refractivity contribution in [1.82, 2.24) is 4.98 Å². The number of fused-ring (bicyclic) bond motifs is 3. The number of aryl methyl sites for hydroxylation is 1. The smallest absolute Gasteiger partial charge is 0.274 e. The van der Waals surface area contributed by atoms with E-state index in [2.05, 4.69) is 69.2 Å². The summed E-state index contributed by atoms with van der Waals surface area (Å²) < 4.78 is 0. The number of carbonyl (C=O) groups excluding carboxylic acids is 1. The van der Waals surface area contributed by atoms with Crippen LogP contribution in [0.5, 0.6) is 0 Å². The van der Waals surface area contributed by atoms with Gasteiger partial charge in [-0.05, 0) is 60.3 Å². The predicted molar refractivity (Wildman–Crippen MR) is 127 cm³/mol. The lowest BCUT2D eigenvalue weighted by Gasteiger charge is -2.23. The van der Waals surface area contributed by atoms with Gasteiger partial charge in [0, 0.05) is 35.7 Å². The van der Waals surface area contributed by atoms with Crippen LogP contribution in [-0.4, -0.2) is 17.4 Å². The number of amides is 1. The van der Waals surface area contributed by atoms with Crippen LogP contribution >= 0.6 is 0 Å². The third kappa shape index (κ3) is 3.62. The van der Waals surface area contributed by atoms with E-state index >= 15 is 0 Å². The van der Waals surface area contributed by atoms with E-state index in [1.165, 1.54) is 10.8 Å². The molecule has 1 amide bonds. The quantitative estimate of drug-likeness (QED) is 0.447. The molecule has 0 aliphatic carbocycles. The maximum Gasteiger partial charge on any atom is 0.274 e. The second-order valence-electron chi connectivity index (χ2n) is 7.49. The minimum absolute atomic E-state index is 0.207. The van der Waals surface area contributed by atoms with Gasteiger partial charge in [-0.3, -0.25) is 9.78 Å². The summed E-state index contributed by atoms with van der Waals surface area (Å²) in [5, 5.41) is 8.88. The average molecular weight is 406 g/mol. The number of nitrogens with zero attached hydrogens (tertiary/aromatic N) is 2. The zero-order valence-electron chi connectivity index (χ0n) is 17.2. The summed E-state index contributed by atoms with van der Waals surface area (Å²) in [7, 11) is 0. The van der Waals surface area contributed by atoms with Gasteiger partial charge in [0.1, 0.15) is 5.69 Å². The summed E-state index contributed by atoms with van der Waals surface area (Å²) in [6, 6.07) is 24.2. The number of aromatic nitrogens is 1. The van der Waals surface area contributed by atoms with Crippen LogP contribution in [0, 0.1) is 6.92 Å². The molecule has 5 rings (SSSR count). The van der Waals surface area contributed by atoms with Crippen LogP contribution in [0.15, 0.2) is 91.3 Å². The Bertz CT molecular complexity index is 1290. The molecule has 0 radical (unpaired) electrons. The Morgan fingerprint density at radius 2 is 1.84 bits per heavy atom. The molecule has 5 nitrogen and oxygen atoms in total. The van der Waals surface area contributed by atoms with E-state index in [-0.39, 0.29) is 5.91 Å². The monoisotopic (exact) mass is 406 g/mol. The summed E-state index contributed by atoms with van der Waals surface area (Å²) in [6.07, 6.45) is 5.82. The molecule has 152 valence electrons. The molecular formula is C26H22N4O. The van der Waals surface area contributed by atoms with Crippen LogP contribution in [0.4, 0.5) is 22.7 Å². The van der Waals surface area contributed by atoms with Crippen molar-refractivity contribution in [2.24, 2.45) is 0 Å². The third-order valence-corrected chi connectivity index (χ3v) is 5.45. The number of pyridine rings is 1. The summed E-state index contributed by atoms with van der Waals surface area (Å²) in [5.74, 6) is -0.207. The van der Waals surface area contributed by atoms with E-state index in [4.69, 9.17) is 0 Å². The first kappa shape index (κ1) is 18.9. The number of benzene rings is 3. The van der Waals surface area contributed by atoms with Gasteiger partial charge in [-0.25, -0.2) is 0 Å². The van der Waals surface area contributed by atoms with Crippen molar-refractivity contribution in [2.45, 2.75) is 6.92 Å². The molecule has 0 saturated carbocycles. The highest BCUT2D eigenvalue weighted by molar-refractivity contribution is 6.04. The maximum atomic E-state index is 12.6. The molecule has 1 aromatic heterocycles. The van der Waals surface area contributed by atoms with Crippen LogP contribution in [0.3, 0.4) is 0 Å². The standard InChI is InChI=1S/C26H22N4O/c1-18-6-4-15-27-24(18)26(31)29-20-10-12-21(13-11-20)30-17-5-16-28-25-22-8-3-2-7-19(22)9-14-23(25)30/h2-15,17,28H,16H2,1H3,(H,29,31). The summed E-state index contributed by atoms with van der Waals surface area (Å²) in [5.41, 5.74) is 5.24. The van der Waals surface area contributed by atoms with Crippen molar-refractivity contribution in [3.63, 3.8) is 0 Å². The fourth-order valence-electron chi connectivity index (χ4n) is 3.89. The number of carbonyl (C=O) groups is 1. The third-order valence-electron chi connectivity index (χ3n) is 5.45. The second-order valence-corrected chi connectivity index (χ2v) is 7.49. The van der Waals surface area contributed by atoms with Crippen molar-refractivity contribution < 1.29 is 4.79 Å². The molecule has 5 heteroatoms. The molecule has 0 fully saturated rings. The highest BCUT2D eigenvalue weighted by Crippen LogP contribution is 2.39. The van der Waals surface area contributed by atoms with Gasteiger partial charge in [-0.1, -0.05) is 36.4 Å². The number of rotatable bonds is 3. The molecule has 0 atom stereocenters. The molecule has 4 aromatic rings. The SMILES string of the molecule is Cc1cccnc1C(=O)Nc1ccc(N2C=CCNc3c2ccc2ccccc32)cc1. The first-order valence-corrected chi connectivity index (χ1v) is 10.3. The summed E-state index contributed by atoms with van der Waals surface area (Å²) in [6.45, 7) is 2.64. The lowest BCUT2D eigenvalue weighted by molar-refractivity contribution is 0.102. The lowest BCUT2D eigenvalue weighted by atomic mass is 10.1. The van der Waals surface area contributed by atoms with Gasteiger partial charge in [-0.2, -0.15) is 0 Å². The summed E-state index contributed by atoms with van der Waals surface area (Å²) in [4.78, 5) is 18.9. The molecule has 1 aliphatic rings. The van der Waals surface area contributed by atoms with Crippen molar-refractivity contribution in [1.29, 1.82) is 0 Å². The van der Waals surface area contributed by atoms with Crippen LogP contribution in [0.1, 0.15) is 16.1 Å². The molecule has 0 unspecified atom stereocenters. The Hall–Kier alpha value is -4.12. The van der Waals surface area contributed by atoms with Gasteiger partial charge in [0.25, 0.3) is 5.91 Å². The topological polar surface area (TPSA) is 57.3 Å². The van der Waals surface area contributed by atoms with E-state index in [0.717, 1.165) is 34.9 Å². The van der Waals surface area contributed by atoms with Gasteiger partial charge in [0.2, 0.25) is 0 Å². The number of anilines is 4. The molecular weight excluding hydrogens is 384 g/mol. The average Bonchev–Trinajstić information content (AvgIpc) is 3.03. The van der Waals surface area contributed by atoms with Crippen LogP contribution < -0.4 is 15.5 Å². The van der Waals surface area contributed by atoms with Crippen molar-refractivity contribution in [3.05, 3.63) is 103 Å². The second kappa shape index (κ2) is 7.95. The van der Waals surface area contributed by atoms with Gasteiger partial charge in [-0.15, -0.1) is 0 Å². The Morgan fingerprint density at radius 3 is 2.68 bits per heavy atom. The molecule has 2 heterocycles.